The van der Waals surface area contributed by atoms with Crippen LogP contribution in [0.25, 0.3) is 0 Å². The molecule has 0 aliphatic carbocycles. The minimum atomic E-state index is 0.114. The molecule has 0 aromatic heterocycles. The molecule has 1 rings (SSSR count). The smallest absolute Gasteiger partial charge is 0.224 e. The van der Waals surface area contributed by atoms with Crippen LogP contribution in [0.15, 0.2) is 18.2 Å². The summed E-state index contributed by atoms with van der Waals surface area (Å²) in [7, 11) is 0. The number of rotatable bonds is 6. The Labute approximate surface area is 112 Å². The molecule has 0 heterocycles. The first-order chi connectivity index (χ1) is 8.13. The van der Waals surface area contributed by atoms with Gasteiger partial charge in [0.1, 0.15) is 0 Å². The number of carbonyl (C=O) groups excluding carboxylic acids is 1. The van der Waals surface area contributed by atoms with Crippen LogP contribution in [-0.2, 0) is 11.2 Å². The Kier molecular flexibility index (Phi) is 6.27. The first-order valence-electron chi connectivity index (χ1n) is 6.02. The van der Waals surface area contributed by atoms with Crippen LogP contribution in [0.5, 0.6) is 0 Å². The molecule has 0 saturated heterocycles. The molecule has 0 atom stereocenters. The van der Waals surface area contributed by atoms with E-state index in [9.17, 15) is 4.79 Å². The van der Waals surface area contributed by atoms with E-state index >= 15 is 0 Å². The molecule has 94 valence electrons. The monoisotopic (exact) mass is 297 g/mol. The summed E-state index contributed by atoms with van der Waals surface area (Å²) in [5.74, 6) is 0.114. The fourth-order valence-electron chi connectivity index (χ4n) is 1.61. The lowest BCUT2D eigenvalue weighted by Gasteiger charge is -2.06. The number of unbranched alkanes of at least 4 members (excludes halogenated alkanes) is 1. The van der Waals surface area contributed by atoms with Crippen LogP contribution in [0.2, 0.25) is 0 Å². The van der Waals surface area contributed by atoms with Crippen molar-refractivity contribution in [2.75, 3.05) is 11.9 Å². The van der Waals surface area contributed by atoms with Gasteiger partial charge in [0, 0.05) is 11.9 Å². The van der Waals surface area contributed by atoms with Gasteiger partial charge < -0.3 is 5.32 Å². The summed E-state index contributed by atoms with van der Waals surface area (Å²) in [6, 6.07) is 6.19. The van der Waals surface area contributed by atoms with Crippen molar-refractivity contribution in [3.63, 3.8) is 0 Å². The van der Waals surface area contributed by atoms with Gasteiger partial charge in [0.2, 0.25) is 5.91 Å². The van der Waals surface area contributed by atoms with E-state index in [1.165, 1.54) is 11.1 Å². The Bertz CT molecular complexity index is 376. The molecule has 0 saturated carbocycles. The second kappa shape index (κ2) is 7.49. The summed E-state index contributed by atoms with van der Waals surface area (Å²) in [4.78, 5) is 11.6. The highest BCUT2D eigenvalue weighted by Crippen LogP contribution is 2.10. The molecule has 3 heteroatoms. The average molecular weight is 298 g/mol. The molecule has 0 aliphatic rings. The minimum absolute atomic E-state index is 0.114. The topological polar surface area (TPSA) is 29.1 Å². The van der Waals surface area contributed by atoms with E-state index in [0.29, 0.717) is 6.42 Å². The SMILES string of the molecule is Cc1ccc(CC(=O)NCCCCBr)cc1C. The summed E-state index contributed by atoms with van der Waals surface area (Å²) in [6.07, 6.45) is 2.61. The van der Waals surface area contributed by atoms with Gasteiger partial charge in [-0.3, -0.25) is 4.79 Å². The van der Waals surface area contributed by atoms with Crippen LogP contribution < -0.4 is 5.32 Å². The predicted octanol–water partition coefficient (Wildman–Crippen LogP) is 3.14. The summed E-state index contributed by atoms with van der Waals surface area (Å²) < 4.78 is 0. The van der Waals surface area contributed by atoms with Gasteiger partial charge in [-0.15, -0.1) is 0 Å². The van der Waals surface area contributed by atoms with E-state index in [-0.39, 0.29) is 5.91 Å². The van der Waals surface area contributed by atoms with Crippen molar-refractivity contribution in [2.24, 2.45) is 0 Å². The highest BCUT2D eigenvalue weighted by molar-refractivity contribution is 9.09. The Morgan fingerprint density at radius 1 is 1.24 bits per heavy atom. The van der Waals surface area contributed by atoms with E-state index in [2.05, 4.69) is 47.2 Å². The zero-order chi connectivity index (χ0) is 12.7. The summed E-state index contributed by atoms with van der Waals surface area (Å²) >= 11 is 3.37. The standard InChI is InChI=1S/C14H20BrNO/c1-11-5-6-13(9-12(11)2)10-14(17)16-8-4-3-7-15/h5-6,9H,3-4,7-8,10H2,1-2H3,(H,16,17). The number of benzene rings is 1. The van der Waals surface area contributed by atoms with Crippen LogP contribution in [0.4, 0.5) is 0 Å². The molecule has 0 spiro atoms. The molecular formula is C14H20BrNO. The van der Waals surface area contributed by atoms with Crippen molar-refractivity contribution in [2.45, 2.75) is 33.1 Å². The molecule has 0 aliphatic heterocycles. The Morgan fingerprint density at radius 3 is 2.65 bits per heavy atom. The molecule has 1 aromatic carbocycles. The van der Waals surface area contributed by atoms with Crippen molar-refractivity contribution in [3.8, 4) is 0 Å². The van der Waals surface area contributed by atoms with E-state index < -0.39 is 0 Å². The number of alkyl halides is 1. The molecular weight excluding hydrogens is 278 g/mol. The zero-order valence-corrected chi connectivity index (χ0v) is 12.1. The van der Waals surface area contributed by atoms with Crippen LogP contribution >= 0.6 is 15.9 Å². The fourth-order valence-corrected chi connectivity index (χ4v) is 2.01. The first-order valence-corrected chi connectivity index (χ1v) is 7.14. The van der Waals surface area contributed by atoms with Crippen molar-refractivity contribution >= 4 is 21.8 Å². The van der Waals surface area contributed by atoms with Gasteiger partial charge in [-0.05, 0) is 43.4 Å². The molecule has 0 bridgehead atoms. The molecule has 0 radical (unpaired) electrons. The van der Waals surface area contributed by atoms with Crippen LogP contribution in [0.1, 0.15) is 29.5 Å². The maximum atomic E-state index is 11.6. The van der Waals surface area contributed by atoms with Crippen LogP contribution in [-0.4, -0.2) is 17.8 Å². The van der Waals surface area contributed by atoms with Gasteiger partial charge >= 0.3 is 0 Å². The first kappa shape index (κ1) is 14.2. The third-order valence-electron chi connectivity index (χ3n) is 2.82. The van der Waals surface area contributed by atoms with Crippen molar-refractivity contribution in [3.05, 3.63) is 34.9 Å². The maximum Gasteiger partial charge on any atom is 0.224 e. The van der Waals surface area contributed by atoms with E-state index in [4.69, 9.17) is 0 Å². The summed E-state index contributed by atoms with van der Waals surface area (Å²) in [5.41, 5.74) is 3.60. The molecule has 0 unspecified atom stereocenters. The van der Waals surface area contributed by atoms with Gasteiger partial charge in [-0.25, -0.2) is 0 Å². The molecule has 0 fully saturated rings. The minimum Gasteiger partial charge on any atom is -0.356 e. The largest absolute Gasteiger partial charge is 0.356 e. The lowest BCUT2D eigenvalue weighted by Crippen LogP contribution is -2.26. The lowest BCUT2D eigenvalue weighted by atomic mass is 10.0. The zero-order valence-electron chi connectivity index (χ0n) is 10.6. The number of aryl methyl sites for hydroxylation is 2. The fraction of sp³-hybridized carbons (Fsp3) is 0.500. The van der Waals surface area contributed by atoms with Gasteiger partial charge in [0.05, 0.1) is 6.42 Å². The van der Waals surface area contributed by atoms with Gasteiger partial charge in [0.15, 0.2) is 0 Å². The van der Waals surface area contributed by atoms with E-state index in [1.807, 2.05) is 6.07 Å². The normalized spacial score (nSPS) is 10.3. The van der Waals surface area contributed by atoms with Crippen molar-refractivity contribution < 1.29 is 4.79 Å². The number of carbonyl (C=O) groups is 1. The van der Waals surface area contributed by atoms with Crippen molar-refractivity contribution in [1.29, 1.82) is 0 Å². The number of hydrogen-bond acceptors (Lipinski definition) is 1. The summed E-state index contributed by atoms with van der Waals surface area (Å²) in [5, 5.41) is 3.94. The van der Waals surface area contributed by atoms with Gasteiger partial charge in [-0.1, -0.05) is 34.1 Å². The summed E-state index contributed by atoms with van der Waals surface area (Å²) in [6.45, 7) is 4.93. The van der Waals surface area contributed by atoms with Gasteiger partial charge in [-0.2, -0.15) is 0 Å². The second-order valence-corrected chi connectivity index (χ2v) is 5.13. The second-order valence-electron chi connectivity index (χ2n) is 4.34. The third-order valence-corrected chi connectivity index (χ3v) is 3.38. The number of amides is 1. The predicted molar refractivity (Wildman–Crippen MR) is 75.7 cm³/mol. The highest BCUT2D eigenvalue weighted by Gasteiger charge is 2.03. The Balaban J connectivity index is 2.37. The number of nitrogens with one attached hydrogen (secondary N) is 1. The molecule has 1 amide bonds. The maximum absolute atomic E-state index is 11.6. The lowest BCUT2D eigenvalue weighted by molar-refractivity contribution is -0.120. The van der Waals surface area contributed by atoms with Crippen molar-refractivity contribution in [1.82, 2.24) is 5.32 Å². The van der Waals surface area contributed by atoms with Crippen LogP contribution in [0.3, 0.4) is 0 Å². The Hall–Kier alpha value is -0.830. The third kappa shape index (κ3) is 5.35. The Morgan fingerprint density at radius 2 is 2.00 bits per heavy atom. The van der Waals surface area contributed by atoms with E-state index in [0.717, 1.165) is 30.3 Å². The number of halogens is 1. The molecule has 1 aromatic rings. The van der Waals surface area contributed by atoms with Crippen LogP contribution in [0, 0.1) is 13.8 Å². The molecule has 1 N–H and O–H groups in total. The van der Waals surface area contributed by atoms with E-state index in [1.54, 1.807) is 0 Å². The van der Waals surface area contributed by atoms with Gasteiger partial charge in [0.25, 0.3) is 0 Å². The number of hydrogen-bond donors (Lipinski definition) is 1. The average Bonchev–Trinajstić information content (AvgIpc) is 2.30. The molecule has 2 nitrogen and oxygen atoms in total. The molecule has 17 heavy (non-hydrogen) atoms. The highest BCUT2D eigenvalue weighted by atomic mass is 79.9. The quantitative estimate of drug-likeness (QED) is 0.634.